The highest BCUT2D eigenvalue weighted by Gasteiger charge is 2.05. The van der Waals surface area contributed by atoms with Crippen LogP contribution in [-0.4, -0.2) is 15.7 Å². The van der Waals surface area contributed by atoms with Crippen LogP contribution in [0, 0.1) is 6.92 Å². The van der Waals surface area contributed by atoms with Crippen molar-refractivity contribution in [3.8, 4) is 0 Å². The van der Waals surface area contributed by atoms with Crippen molar-refractivity contribution in [2.75, 3.05) is 0 Å². The molecule has 3 aromatic rings. The maximum atomic E-state index is 11.0. The predicted octanol–water partition coefficient (Wildman–Crippen LogP) is 3.05. The van der Waals surface area contributed by atoms with Gasteiger partial charge in [-0.15, -0.1) is 0 Å². The first-order valence-corrected chi connectivity index (χ1v) is 6.24. The highest BCUT2D eigenvalue weighted by atomic mass is 16.1. The third kappa shape index (κ3) is 2.27. The molecule has 0 aliphatic rings. The maximum absolute atomic E-state index is 11.0. The van der Waals surface area contributed by atoms with Crippen LogP contribution in [-0.2, 0) is 6.42 Å². The molecule has 0 unspecified atom stereocenters. The van der Waals surface area contributed by atoms with Gasteiger partial charge in [-0.25, -0.2) is 4.98 Å². The summed E-state index contributed by atoms with van der Waals surface area (Å²) in [7, 11) is 0. The van der Waals surface area contributed by atoms with Gasteiger partial charge in [-0.3, -0.25) is 9.20 Å². The molecule has 0 N–H and O–H groups in total. The first kappa shape index (κ1) is 11.7. The molecule has 2 heterocycles. The Kier molecular flexibility index (Phi) is 2.88. The van der Waals surface area contributed by atoms with Crippen molar-refractivity contribution >= 4 is 11.9 Å². The fourth-order valence-electron chi connectivity index (χ4n) is 2.18. The fraction of sp³-hybridized carbons (Fsp3) is 0.125. The minimum Gasteiger partial charge on any atom is -0.297 e. The van der Waals surface area contributed by atoms with Crippen molar-refractivity contribution in [1.82, 2.24) is 9.38 Å². The number of rotatable bonds is 3. The Bertz CT molecular complexity index is 726. The molecule has 19 heavy (non-hydrogen) atoms. The van der Waals surface area contributed by atoms with Gasteiger partial charge in [0.25, 0.3) is 0 Å². The van der Waals surface area contributed by atoms with Crippen LogP contribution >= 0.6 is 0 Å². The molecule has 1 aromatic carbocycles. The molecule has 0 amide bonds. The Morgan fingerprint density at radius 1 is 1.16 bits per heavy atom. The lowest BCUT2D eigenvalue weighted by Crippen LogP contribution is -1.92. The highest BCUT2D eigenvalue weighted by Crippen LogP contribution is 2.13. The molecule has 0 spiro atoms. The van der Waals surface area contributed by atoms with Crippen LogP contribution in [0.4, 0.5) is 0 Å². The van der Waals surface area contributed by atoms with E-state index in [0.717, 1.165) is 24.0 Å². The van der Waals surface area contributed by atoms with Crippen molar-refractivity contribution in [3.05, 3.63) is 71.2 Å². The zero-order chi connectivity index (χ0) is 13.2. The molecule has 0 aliphatic carbocycles. The summed E-state index contributed by atoms with van der Waals surface area (Å²) in [6.45, 7) is 2.07. The number of carbonyl (C=O) groups excluding carboxylic acids is 1. The van der Waals surface area contributed by atoms with Crippen molar-refractivity contribution in [1.29, 1.82) is 0 Å². The van der Waals surface area contributed by atoms with Crippen LogP contribution in [0.2, 0.25) is 0 Å². The van der Waals surface area contributed by atoms with Crippen LogP contribution in [0.25, 0.3) is 5.65 Å². The quantitative estimate of drug-likeness (QED) is 0.669. The van der Waals surface area contributed by atoms with Gasteiger partial charge in [-0.2, -0.15) is 0 Å². The van der Waals surface area contributed by atoms with Crippen LogP contribution in [0.15, 0.2) is 48.7 Å². The normalized spacial score (nSPS) is 10.8. The van der Waals surface area contributed by atoms with E-state index in [1.165, 1.54) is 11.1 Å². The van der Waals surface area contributed by atoms with E-state index in [1.807, 2.05) is 22.7 Å². The van der Waals surface area contributed by atoms with Gasteiger partial charge in [0.1, 0.15) is 5.65 Å². The second kappa shape index (κ2) is 4.69. The molecule has 94 valence electrons. The maximum Gasteiger partial charge on any atom is 0.166 e. The van der Waals surface area contributed by atoms with Crippen molar-refractivity contribution in [3.63, 3.8) is 0 Å². The summed E-state index contributed by atoms with van der Waals surface area (Å²) in [6, 6.07) is 14.0. The monoisotopic (exact) mass is 250 g/mol. The number of nitrogens with zero attached hydrogens (tertiary/aromatic N) is 2. The summed E-state index contributed by atoms with van der Waals surface area (Å²) in [4.78, 5) is 15.5. The van der Waals surface area contributed by atoms with Crippen LogP contribution < -0.4 is 0 Å². The zero-order valence-corrected chi connectivity index (χ0v) is 10.7. The number of aldehydes is 1. The average molecular weight is 250 g/mol. The second-order valence-corrected chi connectivity index (χ2v) is 4.69. The van der Waals surface area contributed by atoms with E-state index in [1.54, 1.807) is 6.07 Å². The predicted molar refractivity (Wildman–Crippen MR) is 74.6 cm³/mol. The standard InChI is InChI=1S/C16H14N2O/c1-12-5-7-13(8-6-12)9-14-10-18-15(11-19)3-2-4-16(18)17-14/h2-8,10-11H,9H2,1H3. The lowest BCUT2D eigenvalue weighted by molar-refractivity contribution is 0.111. The largest absolute Gasteiger partial charge is 0.297 e. The summed E-state index contributed by atoms with van der Waals surface area (Å²) < 4.78 is 1.83. The van der Waals surface area contributed by atoms with Gasteiger partial charge >= 0.3 is 0 Å². The van der Waals surface area contributed by atoms with Gasteiger partial charge in [-0.1, -0.05) is 35.9 Å². The Labute approximate surface area is 111 Å². The fourth-order valence-corrected chi connectivity index (χ4v) is 2.18. The van der Waals surface area contributed by atoms with Crippen molar-refractivity contribution in [2.45, 2.75) is 13.3 Å². The number of hydrogen-bond acceptors (Lipinski definition) is 2. The Hall–Kier alpha value is -2.42. The van der Waals surface area contributed by atoms with Crippen LogP contribution in [0.5, 0.6) is 0 Å². The van der Waals surface area contributed by atoms with Gasteiger partial charge in [0, 0.05) is 12.6 Å². The van der Waals surface area contributed by atoms with E-state index in [9.17, 15) is 4.79 Å². The van der Waals surface area contributed by atoms with E-state index in [4.69, 9.17) is 0 Å². The van der Waals surface area contributed by atoms with E-state index in [0.29, 0.717) is 5.69 Å². The molecule has 0 bridgehead atoms. The molecule has 0 fully saturated rings. The number of aryl methyl sites for hydroxylation is 1. The average Bonchev–Trinajstić information content (AvgIpc) is 2.83. The SMILES string of the molecule is Cc1ccc(Cc2cn3c(C=O)cccc3n2)cc1. The molecule has 3 nitrogen and oxygen atoms in total. The highest BCUT2D eigenvalue weighted by molar-refractivity contribution is 5.73. The molecule has 3 heteroatoms. The Morgan fingerprint density at radius 3 is 2.68 bits per heavy atom. The number of hydrogen-bond donors (Lipinski definition) is 0. The number of imidazole rings is 1. The van der Waals surface area contributed by atoms with Gasteiger partial charge < -0.3 is 0 Å². The van der Waals surface area contributed by atoms with Crippen LogP contribution in [0.3, 0.4) is 0 Å². The third-order valence-corrected chi connectivity index (χ3v) is 3.20. The molecule has 3 rings (SSSR count). The molecule has 0 atom stereocenters. The van der Waals surface area contributed by atoms with Gasteiger partial charge in [-0.05, 0) is 24.6 Å². The van der Waals surface area contributed by atoms with E-state index in [2.05, 4.69) is 36.2 Å². The number of pyridine rings is 1. The molecule has 0 radical (unpaired) electrons. The number of aromatic nitrogens is 2. The molecule has 0 saturated carbocycles. The molecule has 2 aromatic heterocycles. The Balaban J connectivity index is 1.97. The van der Waals surface area contributed by atoms with Crippen LogP contribution in [0.1, 0.15) is 27.3 Å². The lowest BCUT2D eigenvalue weighted by atomic mass is 10.1. The molecule has 0 saturated heterocycles. The second-order valence-electron chi connectivity index (χ2n) is 4.69. The van der Waals surface area contributed by atoms with Crippen molar-refractivity contribution in [2.24, 2.45) is 0 Å². The number of benzene rings is 1. The summed E-state index contributed by atoms with van der Waals surface area (Å²) >= 11 is 0. The lowest BCUT2D eigenvalue weighted by Gasteiger charge is -1.98. The molecule has 0 aliphatic heterocycles. The summed E-state index contributed by atoms with van der Waals surface area (Å²) in [5.41, 5.74) is 4.88. The van der Waals surface area contributed by atoms with Gasteiger partial charge in [0.15, 0.2) is 6.29 Å². The molecular formula is C16H14N2O. The third-order valence-electron chi connectivity index (χ3n) is 3.20. The zero-order valence-electron chi connectivity index (χ0n) is 10.7. The number of carbonyl (C=O) groups is 1. The van der Waals surface area contributed by atoms with Gasteiger partial charge in [0.2, 0.25) is 0 Å². The minimum absolute atomic E-state index is 0.625. The smallest absolute Gasteiger partial charge is 0.166 e. The summed E-state index contributed by atoms with van der Waals surface area (Å²) in [6.07, 6.45) is 3.56. The van der Waals surface area contributed by atoms with Gasteiger partial charge in [0.05, 0.1) is 11.4 Å². The van der Waals surface area contributed by atoms with E-state index < -0.39 is 0 Å². The topological polar surface area (TPSA) is 34.4 Å². The first-order chi connectivity index (χ1) is 9.26. The van der Waals surface area contributed by atoms with E-state index >= 15 is 0 Å². The summed E-state index contributed by atoms with van der Waals surface area (Å²) in [5.74, 6) is 0. The molecular weight excluding hydrogens is 236 g/mol. The first-order valence-electron chi connectivity index (χ1n) is 6.24. The van der Waals surface area contributed by atoms with Crippen molar-refractivity contribution < 1.29 is 4.79 Å². The van der Waals surface area contributed by atoms with E-state index in [-0.39, 0.29) is 0 Å². The summed E-state index contributed by atoms with van der Waals surface area (Å²) in [5, 5.41) is 0. The minimum atomic E-state index is 0.625. The number of fused-ring (bicyclic) bond motifs is 1. The Morgan fingerprint density at radius 2 is 1.95 bits per heavy atom.